The smallest absolute Gasteiger partial charge is 0.187 e. The molecule has 2 fully saturated rings. The van der Waals surface area contributed by atoms with Gasteiger partial charge in [0, 0.05) is 19.1 Å². The van der Waals surface area contributed by atoms with Gasteiger partial charge in [0.15, 0.2) is 18.5 Å². The molecule has 2 aliphatic rings. The van der Waals surface area contributed by atoms with E-state index >= 15 is 0 Å². The molecule has 2 rings (SSSR count). The van der Waals surface area contributed by atoms with Crippen molar-refractivity contribution >= 4 is 5.96 Å². The number of nitrogens with two attached hydrogens (primary N) is 4. The summed E-state index contributed by atoms with van der Waals surface area (Å²) in [6.45, 7) is 2.46. The van der Waals surface area contributed by atoms with E-state index in [1.54, 1.807) is 0 Å². The van der Waals surface area contributed by atoms with Gasteiger partial charge in [0.2, 0.25) is 0 Å². The normalized spacial score (nSPS) is 40.0. The summed E-state index contributed by atoms with van der Waals surface area (Å²) < 4.78 is 22.8. The van der Waals surface area contributed by atoms with Gasteiger partial charge in [-0.3, -0.25) is 5.41 Å². The number of aliphatic hydroxyl groups is 6. The minimum Gasteiger partial charge on any atom is -0.391 e. The molecule has 0 aromatic rings. The summed E-state index contributed by atoms with van der Waals surface area (Å²) in [5.41, 5.74) is 22.9. The zero-order chi connectivity index (χ0) is 26.6. The molecule has 0 aliphatic carbocycles. The fraction of sp³-hybridized carbons (Fsp3) is 0.947. The molecule has 0 aromatic carbocycles. The van der Waals surface area contributed by atoms with Gasteiger partial charge < -0.3 is 77.8 Å². The molecule has 0 aromatic heterocycles. The van der Waals surface area contributed by atoms with Gasteiger partial charge in [0.1, 0.15) is 48.8 Å². The van der Waals surface area contributed by atoms with E-state index in [0.717, 1.165) is 0 Å². The van der Waals surface area contributed by atoms with E-state index in [9.17, 15) is 30.6 Å². The molecule has 2 heterocycles. The number of nitrogens with one attached hydrogen (secondary N) is 2. The molecule has 0 amide bonds. The Morgan fingerprint density at radius 3 is 2.09 bits per heavy atom. The fourth-order valence-electron chi connectivity index (χ4n) is 3.97. The van der Waals surface area contributed by atoms with E-state index in [0.29, 0.717) is 0 Å². The maximum atomic E-state index is 10.6. The lowest BCUT2D eigenvalue weighted by molar-refractivity contribution is -0.309. The van der Waals surface area contributed by atoms with Gasteiger partial charge in [-0.05, 0) is 13.8 Å². The molecule has 14 atom stereocenters. The Labute approximate surface area is 202 Å². The third kappa shape index (κ3) is 7.16. The van der Waals surface area contributed by atoms with Gasteiger partial charge in [0.05, 0.1) is 18.2 Å². The van der Waals surface area contributed by atoms with Crippen LogP contribution in [-0.2, 0) is 18.9 Å². The summed E-state index contributed by atoms with van der Waals surface area (Å²) in [5, 5.41) is 71.3. The zero-order valence-corrected chi connectivity index (χ0v) is 19.6. The number of aliphatic hydroxyl groups excluding tert-OH is 6. The SMILES string of the molecule is CC(N)[C@@H](O[C@H]1OC([C@H](C)O)[C@@H](O)[C@H](O)C1N)[C@H](O[C@@H]1O[C@H](CNC(=N)N)C(O)[C@@H]1O)C(O)CN. The van der Waals surface area contributed by atoms with Gasteiger partial charge in [-0.25, -0.2) is 0 Å². The minimum absolute atomic E-state index is 0.101. The summed E-state index contributed by atoms with van der Waals surface area (Å²) in [6, 6.07) is -2.11. The van der Waals surface area contributed by atoms with Crippen molar-refractivity contribution in [3.05, 3.63) is 0 Å². The molecule has 0 bridgehead atoms. The highest BCUT2D eigenvalue weighted by Gasteiger charge is 2.49. The number of hydrogen-bond donors (Lipinski definition) is 12. The van der Waals surface area contributed by atoms with E-state index in [-0.39, 0.29) is 19.0 Å². The monoisotopic (exact) mass is 512 g/mol. The van der Waals surface area contributed by atoms with Crippen molar-refractivity contribution in [2.45, 2.75) is 99.6 Å². The van der Waals surface area contributed by atoms with Gasteiger partial charge in [-0.15, -0.1) is 0 Å². The minimum atomic E-state index is -1.54. The summed E-state index contributed by atoms with van der Waals surface area (Å²) in [5.74, 6) is -0.367. The van der Waals surface area contributed by atoms with E-state index in [2.05, 4.69) is 5.32 Å². The molecular formula is C19H40N6O10. The summed E-state index contributed by atoms with van der Waals surface area (Å²) in [4.78, 5) is 0. The topological polar surface area (TPSA) is 298 Å². The van der Waals surface area contributed by atoms with Crippen LogP contribution in [0.5, 0.6) is 0 Å². The second-order valence-corrected chi connectivity index (χ2v) is 8.95. The molecule has 0 radical (unpaired) electrons. The molecule has 35 heavy (non-hydrogen) atoms. The first-order valence-corrected chi connectivity index (χ1v) is 11.3. The predicted molar refractivity (Wildman–Crippen MR) is 119 cm³/mol. The van der Waals surface area contributed by atoms with Crippen LogP contribution in [0.3, 0.4) is 0 Å². The Kier molecular flexibility index (Phi) is 11.0. The Balaban J connectivity index is 2.22. The number of guanidine groups is 1. The summed E-state index contributed by atoms with van der Waals surface area (Å²) in [6.07, 6.45) is -16.1. The van der Waals surface area contributed by atoms with E-state index in [4.69, 9.17) is 47.3 Å². The fourth-order valence-corrected chi connectivity index (χ4v) is 3.97. The third-order valence-electron chi connectivity index (χ3n) is 6.02. The highest BCUT2D eigenvalue weighted by molar-refractivity contribution is 5.74. The Morgan fingerprint density at radius 1 is 0.971 bits per heavy atom. The highest BCUT2D eigenvalue weighted by Crippen LogP contribution is 2.29. The zero-order valence-electron chi connectivity index (χ0n) is 19.6. The first-order valence-electron chi connectivity index (χ1n) is 11.3. The van der Waals surface area contributed by atoms with Crippen molar-refractivity contribution in [2.24, 2.45) is 22.9 Å². The Bertz CT molecular complexity index is 678. The van der Waals surface area contributed by atoms with Crippen LogP contribution in [0.1, 0.15) is 13.8 Å². The first kappa shape index (κ1) is 30.0. The lowest BCUT2D eigenvalue weighted by Crippen LogP contribution is -2.66. The molecule has 0 spiro atoms. The first-order chi connectivity index (χ1) is 16.3. The van der Waals surface area contributed by atoms with Crippen molar-refractivity contribution in [3.8, 4) is 0 Å². The molecule has 0 saturated carbocycles. The van der Waals surface area contributed by atoms with Crippen molar-refractivity contribution < 1.29 is 49.6 Å². The van der Waals surface area contributed by atoms with Crippen LogP contribution in [0.25, 0.3) is 0 Å². The van der Waals surface area contributed by atoms with Crippen LogP contribution in [0, 0.1) is 5.41 Å². The largest absolute Gasteiger partial charge is 0.391 e. The van der Waals surface area contributed by atoms with Gasteiger partial charge >= 0.3 is 0 Å². The average Bonchev–Trinajstić information content (AvgIpc) is 3.06. The second kappa shape index (κ2) is 12.8. The van der Waals surface area contributed by atoms with Crippen LogP contribution in [0.2, 0.25) is 0 Å². The van der Waals surface area contributed by atoms with Gasteiger partial charge in [-0.2, -0.15) is 0 Å². The van der Waals surface area contributed by atoms with Crippen LogP contribution in [0.15, 0.2) is 0 Å². The molecular weight excluding hydrogens is 472 g/mol. The van der Waals surface area contributed by atoms with Crippen LogP contribution in [0.4, 0.5) is 0 Å². The molecule has 2 aliphatic heterocycles. The van der Waals surface area contributed by atoms with Gasteiger partial charge in [0.25, 0.3) is 0 Å². The number of rotatable bonds is 11. The molecule has 16 heteroatoms. The number of hydrogen-bond acceptors (Lipinski definition) is 14. The molecule has 2 saturated heterocycles. The van der Waals surface area contributed by atoms with Crippen LogP contribution < -0.4 is 28.3 Å². The van der Waals surface area contributed by atoms with E-state index in [1.807, 2.05) is 0 Å². The van der Waals surface area contributed by atoms with Gasteiger partial charge in [-0.1, -0.05) is 0 Å². The maximum Gasteiger partial charge on any atom is 0.187 e. The van der Waals surface area contributed by atoms with Crippen molar-refractivity contribution in [3.63, 3.8) is 0 Å². The van der Waals surface area contributed by atoms with Crippen molar-refractivity contribution in [2.75, 3.05) is 13.1 Å². The standard InChI is InChI=1S/C19H40N6O10/c1-5(21)14(33-17-9(22)11(29)12(30)15(34-17)6(2)26)16(7(27)3-20)35-18-13(31)10(28)8(32-18)4-25-19(23)24/h5-18,26-31H,3-4,20-22H2,1-2H3,(H4,23,24,25)/t5?,6-,7?,8+,9?,10?,11+,12-,13-,14+,15?,16+,17-,18-/m0/s1. The highest BCUT2D eigenvalue weighted by atomic mass is 16.7. The molecule has 5 unspecified atom stereocenters. The summed E-state index contributed by atoms with van der Waals surface area (Å²) >= 11 is 0. The Morgan fingerprint density at radius 2 is 1.57 bits per heavy atom. The van der Waals surface area contributed by atoms with Crippen LogP contribution in [-0.4, -0.2) is 135 Å². The maximum absolute atomic E-state index is 10.6. The molecule has 16 N–H and O–H groups in total. The Hall–Kier alpha value is -1.25. The van der Waals surface area contributed by atoms with E-state index in [1.165, 1.54) is 13.8 Å². The average molecular weight is 513 g/mol. The molecule has 206 valence electrons. The predicted octanol–water partition coefficient (Wildman–Crippen LogP) is -6.49. The van der Waals surface area contributed by atoms with Crippen molar-refractivity contribution in [1.82, 2.24) is 5.32 Å². The lowest BCUT2D eigenvalue weighted by atomic mass is 9.94. The lowest BCUT2D eigenvalue weighted by Gasteiger charge is -2.45. The van der Waals surface area contributed by atoms with Crippen LogP contribution >= 0.6 is 0 Å². The third-order valence-corrected chi connectivity index (χ3v) is 6.02. The van der Waals surface area contributed by atoms with E-state index < -0.39 is 85.7 Å². The number of ether oxygens (including phenoxy) is 4. The molecule has 16 nitrogen and oxygen atoms in total. The quantitative estimate of drug-likeness (QED) is 0.0904. The second-order valence-electron chi connectivity index (χ2n) is 8.95. The summed E-state index contributed by atoms with van der Waals surface area (Å²) in [7, 11) is 0. The van der Waals surface area contributed by atoms with Crippen molar-refractivity contribution in [1.29, 1.82) is 5.41 Å².